The Morgan fingerprint density at radius 3 is 3.04 bits per heavy atom. The third kappa shape index (κ3) is 4.42. The van der Waals surface area contributed by atoms with E-state index in [0.29, 0.717) is 18.3 Å². The van der Waals surface area contributed by atoms with Crippen LogP contribution in [0.3, 0.4) is 0 Å². The van der Waals surface area contributed by atoms with E-state index in [2.05, 4.69) is 26.1 Å². The van der Waals surface area contributed by atoms with Crippen LogP contribution in [0.1, 0.15) is 43.5 Å². The highest BCUT2D eigenvalue weighted by Crippen LogP contribution is 2.21. The summed E-state index contributed by atoms with van der Waals surface area (Å²) in [6.07, 6.45) is 7.44. The third-order valence-electron chi connectivity index (χ3n) is 4.58. The Morgan fingerprint density at radius 1 is 1.44 bits per heavy atom. The lowest BCUT2D eigenvalue weighted by atomic mass is 10.00. The molecule has 2 aromatic rings. The molecule has 1 atom stereocenters. The summed E-state index contributed by atoms with van der Waals surface area (Å²) in [6, 6.07) is 3.88. The molecular weight excluding hydrogens is 318 g/mol. The van der Waals surface area contributed by atoms with Gasteiger partial charge in [-0.05, 0) is 31.0 Å². The first-order valence-corrected chi connectivity index (χ1v) is 8.86. The van der Waals surface area contributed by atoms with Crippen LogP contribution < -0.4 is 0 Å². The summed E-state index contributed by atoms with van der Waals surface area (Å²) in [4.78, 5) is 25.4. The van der Waals surface area contributed by atoms with E-state index in [0.717, 1.165) is 44.3 Å². The number of carbonyl (C=O) groups excluding carboxylic acids is 1. The van der Waals surface area contributed by atoms with Gasteiger partial charge in [0.1, 0.15) is 0 Å². The van der Waals surface area contributed by atoms with Gasteiger partial charge >= 0.3 is 0 Å². The van der Waals surface area contributed by atoms with Crippen LogP contribution in [0.25, 0.3) is 0 Å². The van der Waals surface area contributed by atoms with Gasteiger partial charge < -0.3 is 9.42 Å². The average molecular weight is 343 g/mol. The second-order valence-corrected chi connectivity index (χ2v) is 6.50. The minimum Gasteiger partial charge on any atom is -0.337 e. The Balaban J connectivity index is 1.65. The van der Waals surface area contributed by atoms with E-state index >= 15 is 0 Å². The Morgan fingerprint density at radius 2 is 2.32 bits per heavy atom. The third-order valence-corrected chi connectivity index (χ3v) is 4.58. The van der Waals surface area contributed by atoms with Crippen molar-refractivity contribution in [1.29, 1.82) is 0 Å². The second kappa shape index (κ2) is 8.20. The molecule has 0 N–H and O–H groups in total. The van der Waals surface area contributed by atoms with Gasteiger partial charge in [0.25, 0.3) is 0 Å². The van der Waals surface area contributed by atoms with Gasteiger partial charge in [0.15, 0.2) is 5.82 Å². The van der Waals surface area contributed by atoms with Crippen molar-refractivity contribution in [1.82, 2.24) is 24.9 Å². The highest BCUT2D eigenvalue weighted by atomic mass is 16.5. The molecule has 0 saturated carbocycles. The first-order chi connectivity index (χ1) is 12.2. The van der Waals surface area contributed by atoms with Crippen molar-refractivity contribution in [3.63, 3.8) is 0 Å². The highest BCUT2D eigenvalue weighted by molar-refractivity contribution is 5.81. The van der Waals surface area contributed by atoms with Crippen LogP contribution in [0.4, 0.5) is 0 Å². The molecule has 7 heteroatoms. The molecule has 0 spiro atoms. The summed E-state index contributed by atoms with van der Waals surface area (Å²) in [5, 5.41) is 3.89. The first kappa shape index (κ1) is 17.5. The summed E-state index contributed by atoms with van der Waals surface area (Å²) in [7, 11) is 1.80. The molecule has 0 radical (unpaired) electrons. The molecule has 3 rings (SSSR count). The molecule has 25 heavy (non-hydrogen) atoms. The Bertz CT molecular complexity index is 688. The molecule has 1 aliphatic rings. The molecule has 0 aromatic carbocycles. The average Bonchev–Trinajstić information content (AvgIpc) is 3.10. The molecule has 0 bridgehead atoms. The number of pyridine rings is 1. The zero-order valence-electron chi connectivity index (χ0n) is 14.9. The number of aryl methyl sites for hydroxylation is 1. The van der Waals surface area contributed by atoms with Gasteiger partial charge in [-0.1, -0.05) is 24.6 Å². The summed E-state index contributed by atoms with van der Waals surface area (Å²) in [6.45, 7) is 4.00. The number of aromatic nitrogens is 3. The van der Waals surface area contributed by atoms with Crippen LogP contribution in [0, 0.1) is 0 Å². The number of piperidine rings is 1. The van der Waals surface area contributed by atoms with Crippen molar-refractivity contribution in [3.8, 4) is 0 Å². The van der Waals surface area contributed by atoms with Crippen molar-refractivity contribution in [3.05, 3.63) is 41.8 Å². The number of amides is 1. The minimum atomic E-state index is -0.104. The lowest BCUT2D eigenvalue weighted by molar-refractivity contribution is -0.138. The molecular formula is C18H25N5O2. The van der Waals surface area contributed by atoms with Gasteiger partial charge in [-0.25, -0.2) is 0 Å². The number of hydrogen-bond acceptors (Lipinski definition) is 6. The summed E-state index contributed by atoms with van der Waals surface area (Å²) < 4.78 is 5.21. The Kier molecular flexibility index (Phi) is 5.75. The number of hydrogen-bond donors (Lipinski definition) is 0. The van der Waals surface area contributed by atoms with Gasteiger partial charge in [0, 0.05) is 32.4 Å². The monoisotopic (exact) mass is 343 g/mol. The SMILES string of the molecule is CCc1noc(CN(C)C(=O)[C@@H]2CCCCN2Cc2cccnc2)n1. The van der Waals surface area contributed by atoms with Gasteiger partial charge in [-0.2, -0.15) is 4.98 Å². The van der Waals surface area contributed by atoms with Crippen LogP contribution in [0.15, 0.2) is 29.0 Å². The van der Waals surface area contributed by atoms with Gasteiger partial charge in [-0.3, -0.25) is 14.7 Å². The van der Waals surface area contributed by atoms with Crippen molar-refractivity contribution >= 4 is 5.91 Å². The molecule has 2 aromatic heterocycles. The zero-order valence-corrected chi connectivity index (χ0v) is 14.9. The van der Waals surface area contributed by atoms with E-state index in [9.17, 15) is 4.79 Å². The second-order valence-electron chi connectivity index (χ2n) is 6.50. The fraction of sp³-hybridized carbons (Fsp3) is 0.556. The van der Waals surface area contributed by atoms with Crippen molar-refractivity contribution < 1.29 is 9.32 Å². The molecule has 1 amide bonds. The maximum absolute atomic E-state index is 13.0. The topological polar surface area (TPSA) is 75.4 Å². The molecule has 7 nitrogen and oxygen atoms in total. The van der Waals surface area contributed by atoms with Gasteiger partial charge in [0.2, 0.25) is 11.8 Å². The highest BCUT2D eigenvalue weighted by Gasteiger charge is 2.31. The maximum atomic E-state index is 13.0. The summed E-state index contributed by atoms with van der Waals surface area (Å²) in [5.74, 6) is 1.27. The largest absolute Gasteiger partial charge is 0.337 e. The summed E-state index contributed by atoms with van der Waals surface area (Å²) >= 11 is 0. The predicted octanol–water partition coefficient (Wildman–Crippen LogP) is 2.04. The molecule has 0 unspecified atom stereocenters. The predicted molar refractivity (Wildman–Crippen MR) is 92.4 cm³/mol. The Hall–Kier alpha value is -2.28. The van der Waals surface area contributed by atoms with Crippen LogP contribution in [-0.2, 0) is 24.3 Å². The maximum Gasteiger partial charge on any atom is 0.246 e. The van der Waals surface area contributed by atoms with Crippen molar-refractivity contribution in [2.75, 3.05) is 13.6 Å². The van der Waals surface area contributed by atoms with Crippen LogP contribution >= 0.6 is 0 Å². The summed E-state index contributed by atoms with van der Waals surface area (Å²) in [5.41, 5.74) is 1.13. The fourth-order valence-corrected chi connectivity index (χ4v) is 3.22. The smallest absolute Gasteiger partial charge is 0.246 e. The van der Waals surface area contributed by atoms with Crippen LogP contribution in [-0.4, -0.2) is 50.5 Å². The lowest BCUT2D eigenvalue weighted by Gasteiger charge is -2.36. The standard InChI is InChI=1S/C18H25N5O2/c1-3-16-20-17(25-21-16)13-22(2)18(24)15-8-4-5-10-23(15)12-14-7-6-9-19-11-14/h6-7,9,11,15H,3-5,8,10,12-13H2,1-2H3/t15-/m0/s1. The molecule has 1 fully saturated rings. The quantitative estimate of drug-likeness (QED) is 0.799. The van der Waals surface area contributed by atoms with E-state index in [-0.39, 0.29) is 11.9 Å². The van der Waals surface area contributed by atoms with E-state index in [1.165, 1.54) is 0 Å². The molecule has 1 aliphatic heterocycles. The fourth-order valence-electron chi connectivity index (χ4n) is 3.22. The number of rotatable bonds is 6. The molecule has 1 saturated heterocycles. The van der Waals surface area contributed by atoms with Gasteiger partial charge in [-0.15, -0.1) is 0 Å². The zero-order chi connectivity index (χ0) is 17.6. The van der Waals surface area contributed by atoms with Crippen molar-refractivity contribution in [2.45, 2.75) is 51.7 Å². The molecule has 3 heterocycles. The van der Waals surface area contributed by atoms with E-state index in [1.54, 1.807) is 18.1 Å². The van der Waals surface area contributed by atoms with Crippen LogP contribution in [0.2, 0.25) is 0 Å². The van der Waals surface area contributed by atoms with Crippen LogP contribution in [0.5, 0.6) is 0 Å². The number of likely N-dealkylation sites (tertiary alicyclic amines) is 1. The lowest BCUT2D eigenvalue weighted by Crippen LogP contribution is -2.49. The normalized spacial score (nSPS) is 18.2. The molecule has 134 valence electrons. The number of nitrogens with zero attached hydrogens (tertiary/aromatic N) is 5. The number of likely N-dealkylation sites (N-methyl/N-ethyl adjacent to an activating group) is 1. The first-order valence-electron chi connectivity index (χ1n) is 8.86. The van der Waals surface area contributed by atoms with Gasteiger partial charge in [0.05, 0.1) is 12.6 Å². The van der Waals surface area contributed by atoms with E-state index < -0.39 is 0 Å². The molecule has 0 aliphatic carbocycles. The minimum absolute atomic E-state index is 0.104. The number of carbonyl (C=O) groups is 1. The Labute approximate surface area is 148 Å². The van der Waals surface area contributed by atoms with Crippen molar-refractivity contribution in [2.24, 2.45) is 0 Å². The van der Waals surface area contributed by atoms with E-state index in [1.807, 2.05) is 19.2 Å². The van der Waals surface area contributed by atoms with E-state index in [4.69, 9.17) is 4.52 Å².